The summed E-state index contributed by atoms with van der Waals surface area (Å²) in [7, 11) is 0. The molecule has 60 valence electrons. The number of hydrogen-bond donors (Lipinski definition) is 0. The molecule has 0 bridgehead atoms. The molecule has 0 aromatic rings. The van der Waals surface area contributed by atoms with Crippen molar-refractivity contribution in [2.45, 2.75) is 6.18 Å². The van der Waals surface area contributed by atoms with Gasteiger partial charge in [-0.1, -0.05) is 0 Å². The second kappa shape index (κ2) is 2.44. The van der Waals surface area contributed by atoms with Crippen LogP contribution < -0.4 is 0 Å². The molecule has 11 heavy (non-hydrogen) atoms. The summed E-state index contributed by atoms with van der Waals surface area (Å²) in [5, 5.41) is 0. The SMILES string of the molecule is O=C1C=NC(C(F)(F)F)=NC1. The molecule has 0 saturated heterocycles. The van der Waals surface area contributed by atoms with Crippen LogP contribution in [0.25, 0.3) is 0 Å². The lowest BCUT2D eigenvalue weighted by molar-refractivity contribution is -0.111. The van der Waals surface area contributed by atoms with Gasteiger partial charge >= 0.3 is 6.18 Å². The van der Waals surface area contributed by atoms with Gasteiger partial charge in [-0.3, -0.25) is 9.79 Å². The number of Topliss-reactive ketones (excluding diaryl/α,β-unsaturated/α-hetero) is 1. The summed E-state index contributed by atoms with van der Waals surface area (Å²) in [5.74, 6) is -1.75. The molecule has 1 rings (SSSR count). The van der Waals surface area contributed by atoms with Gasteiger partial charge in [0.1, 0.15) is 6.54 Å². The highest BCUT2D eigenvalue weighted by Gasteiger charge is 2.36. The number of alkyl halides is 3. The summed E-state index contributed by atoms with van der Waals surface area (Å²) < 4.78 is 35.1. The Kier molecular flexibility index (Phi) is 1.76. The number of aliphatic imine (C=N–C) groups is 2. The average molecular weight is 164 g/mol. The van der Waals surface area contributed by atoms with E-state index in [1.54, 1.807) is 0 Å². The van der Waals surface area contributed by atoms with Crippen LogP contribution in [0.2, 0.25) is 0 Å². The molecule has 1 aliphatic heterocycles. The number of ketones is 1. The van der Waals surface area contributed by atoms with Gasteiger partial charge < -0.3 is 0 Å². The Bertz CT molecular complexity index is 241. The molecular weight excluding hydrogens is 161 g/mol. The first kappa shape index (κ1) is 7.90. The van der Waals surface area contributed by atoms with Gasteiger partial charge in [-0.2, -0.15) is 13.2 Å². The van der Waals surface area contributed by atoms with Gasteiger partial charge in [0.25, 0.3) is 0 Å². The summed E-state index contributed by atoms with van der Waals surface area (Å²) in [5.41, 5.74) is 0. The third kappa shape index (κ3) is 1.86. The van der Waals surface area contributed by atoms with E-state index in [9.17, 15) is 18.0 Å². The van der Waals surface area contributed by atoms with E-state index in [4.69, 9.17) is 0 Å². The number of carbonyl (C=O) groups is 1. The zero-order valence-electron chi connectivity index (χ0n) is 5.22. The fourth-order valence-corrected chi connectivity index (χ4v) is 0.530. The monoisotopic (exact) mass is 164 g/mol. The normalized spacial score (nSPS) is 18.5. The Morgan fingerprint density at radius 2 is 2.09 bits per heavy atom. The van der Waals surface area contributed by atoms with Crippen molar-refractivity contribution in [3.8, 4) is 0 Å². The Morgan fingerprint density at radius 1 is 1.45 bits per heavy atom. The topological polar surface area (TPSA) is 41.8 Å². The lowest BCUT2D eigenvalue weighted by atomic mass is 10.4. The highest BCUT2D eigenvalue weighted by atomic mass is 19.4. The Labute approximate surface area is 59.6 Å². The summed E-state index contributed by atoms with van der Waals surface area (Å²) in [6, 6.07) is 0. The Hall–Kier alpha value is -1.20. The first-order chi connectivity index (χ1) is 5.00. The van der Waals surface area contributed by atoms with E-state index < -0.39 is 24.3 Å². The van der Waals surface area contributed by atoms with Crippen LogP contribution in [-0.4, -0.2) is 30.6 Å². The van der Waals surface area contributed by atoms with Crippen LogP contribution >= 0.6 is 0 Å². The van der Waals surface area contributed by atoms with Crippen LogP contribution in [-0.2, 0) is 4.79 Å². The predicted molar refractivity (Wildman–Crippen MR) is 31.9 cm³/mol. The third-order valence-corrected chi connectivity index (χ3v) is 0.969. The van der Waals surface area contributed by atoms with E-state index in [0.717, 1.165) is 0 Å². The predicted octanol–water partition coefficient (Wildman–Crippen LogP) is 0.601. The number of carbonyl (C=O) groups excluding carboxylic acids is 1. The smallest absolute Gasteiger partial charge is 0.291 e. The summed E-state index contributed by atoms with van der Waals surface area (Å²) in [4.78, 5) is 16.1. The zero-order valence-corrected chi connectivity index (χ0v) is 5.22. The molecule has 0 atom stereocenters. The molecule has 1 aliphatic rings. The van der Waals surface area contributed by atoms with Crippen LogP contribution in [0, 0.1) is 0 Å². The van der Waals surface area contributed by atoms with Crippen molar-refractivity contribution in [3.05, 3.63) is 0 Å². The maximum Gasteiger partial charge on any atom is 0.451 e. The van der Waals surface area contributed by atoms with Crippen molar-refractivity contribution >= 4 is 17.8 Å². The first-order valence-electron chi connectivity index (χ1n) is 2.68. The highest BCUT2D eigenvalue weighted by Crippen LogP contribution is 2.18. The maximum atomic E-state index is 11.7. The minimum absolute atomic E-state index is 0.460. The second-order valence-corrected chi connectivity index (χ2v) is 1.86. The van der Waals surface area contributed by atoms with Crippen LogP contribution in [0.1, 0.15) is 0 Å². The second-order valence-electron chi connectivity index (χ2n) is 1.86. The van der Waals surface area contributed by atoms with E-state index in [-0.39, 0.29) is 0 Å². The van der Waals surface area contributed by atoms with Crippen molar-refractivity contribution in [2.24, 2.45) is 9.98 Å². The molecule has 3 nitrogen and oxygen atoms in total. The first-order valence-corrected chi connectivity index (χ1v) is 2.68. The molecule has 0 aromatic carbocycles. The average Bonchev–Trinajstić information content (AvgIpc) is 1.86. The Balaban J connectivity index is 2.79. The van der Waals surface area contributed by atoms with Crippen molar-refractivity contribution in [1.82, 2.24) is 0 Å². The van der Waals surface area contributed by atoms with Crippen LogP contribution in [0.3, 0.4) is 0 Å². The number of amidine groups is 1. The maximum absolute atomic E-state index is 11.7. The molecule has 0 aromatic heterocycles. The van der Waals surface area contributed by atoms with E-state index in [2.05, 4.69) is 9.98 Å². The van der Waals surface area contributed by atoms with Gasteiger partial charge in [0.2, 0.25) is 5.84 Å². The van der Waals surface area contributed by atoms with Gasteiger partial charge in [0, 0.05) is 0 Å². The number of hydrogen-bond acceptors (Lipinski definition) is 3. The summed E-state index contributed by atoms with van der Waals surface area (Å²) in [6.45, 7) is -0.460. The fraction of sp³-hybridized carbons (Fsp3) is 0.400. The molecule has 0 unspecified atom stereocenters. The minimum Gasteiger partial charge on any atom is -0.291 e. The van der Waals surface area contributed by atoms with Crippen molar-refractivity contribution in [2.75, 3.05) is 6.54 Å². The molecule has 1 heterocycles. The van der Waals surface area contributed by atoms with E-state index in [1.807, 2.05) is 0 Å². The lowest BCUT2D eigenvalue weighted by Gasteiger charge is -2.07. The van der Waals surface area contributed by atoms with Crippen LogP contribution in [0.4, 0.5) is 13.2 Å². The zero-order chi connectivity index (χ0) is 8.48. The molecule has 0 spiro atoms. The van der Waals surface area contributed by atoms with Crippen molar-refractivity contribution in [3.63, 3.8) is 0 Å². The molecule has 0 fully saturated rings. The largest absolute Gasteiger partial charge is 0.451 e. The van der Waals surface area contributed by atoms with Gasteiger partial charge in [-0.05, 0) is 0 Å². The van der Waals surface area contributed by atoms with Gasteiger partial charge in [0.05, 0.1) is 6.21 Å². The fourth-order valence-electron chi connectivity index (χ4n) is 0.530. The summed E-state index contributed by atoms with van der Waals surface area (Å²) in [6.07, 6.45) is -3.91. The molecule has 0 N–H and O–H groups in total. The minimum atomic E-state index is -4.54. The lowest BCUT2D eigenvalue weighted by Crippen LogP contribution is -2.26. The molecule has 0 saturated carbocycles. The van der Waals surface area contributed by atoms with Crippen LogP contribution in [0.15, 0.2) is 9.98 Å². The van der Waals surface area contributed by atoms with Gasteiger partial charge in [-0.25, -0.2) is 4.99 Å². The molecule has 6 heteroatoms. The van der Waals surface area contributed by atoms with Gasteiger partial charge in [0.15, 0.2) is 5.78 Å². The van der Waals surface area contributed by atoms with Crippen molar-refractivity contribution < 1.29 is 18.0 Å². The standard InChI is InChI=1S/C5H3F3N2O/c6-5(7,8)4-9-1-3(11)2-10-4/h1H,2H2. The number of nitrogens with zero attached hydrogens (tertiary/aromatic N) is 2. The number of halogens is 3. The van der Waals surface area contributed by atoms with E-state index >= 15 is 0 Å². The van der Waals surface area contributed by atoms with E-state index in [0.29, 0.717) is 6.21 Å². The summed E-state index contributed by atoms with van der Waals surface area (Å²) >= 11 is 0. The Morgan fingerprint density at radius 3 is 2.45 bits per heavy atom. The molecular formula is C5H3F3N2O. The quantitative estimate of drug-likeness (QED) is 0.516. The molecule has 0 radical (unpaired) electrons. The number of rotatable bonds is 0. The highest BCUT2D eigenvalue weighted by molar-refractivity contribution is 6.32. The third-order valence-electron chi connectivity index (χ3n) is 0.969. The van der Waals surface area contributed by atoms with Crippen molar-refractivity contribution in [1.29, 1.82) is 0 Å². The van der Waals surface area contributed by atoms with Gasteiger partial charge in [-0.15, -0.1) is 0 Å². The van der Waals surface area contributed by atoms with Crippen LogP contribution in [0.5, 0.6) is 0 Å². The van der Waals surface area contributed by atoms with E-state index in [1.165, 1.54) is 0 Å². The molecule has 0 amide bonds. The molecule has 0 aliphatic carbocycles.